The third-order valence-corrected chi connectivity index (χ3v) is 6.81. The normalized spacial score (nSPS) is 12.9. The van der Waals surface area contributed by atoms with Gasteiger partial charge >= 0.3 is 0 Å². The van der Waals surface area contributed by atoms with Crippen LogP contribution in [0.4, 0.5) is 10.8 Å². The summed E-state index contributed by atoms with van der Waals surface area (Å²) in [5.74, 6) is -0.796. The van der Waals surface area contributed by atoms with E-state index < -0.39 is 24.0 Å². The second-order valence-electron chi connectivity index (χ2n) is 8.42. The van der Waals surface area contributed by atoms with E-state index in [1.807, 2.05) is 12.1 Å². The Labute approximate surface area is 212 Å². The second-order valence-corrected chi connectivity index (χ2v) is 9.89. The first-order valence-electron chi connectivity index (χ1n) is 11.0. The van der Waals surface area contributed by atoms with Crippen molar-refractivity contribution in [3.63, 3.8) is 0 Å². The molecule has 1 aromatic heterocycles. The smallest absolute Gasteiger partial charge is 0.255 e. The van der Waals surface area contributed by atoms with Crippen molar-refractivity contribution in [3.8, 4) is 0 Å². The number of nitrogen functional groups attached to an aromatic ring is 1. The number of anilines is 2. The van der Waals surface area contributed by atoms with Crippen LogP contribution in [0.1, 0.15) is 47.3 Å². The zero-order valence-electron chi connectivity index (χ0n) is 19.2. The Morgan fingerprint density at radius 3 is 2.46 bits per heavy atom. The van der Waals surface area contributed by atoms with Crippen molar-refractivity contribution in [2.24, 2.45) is 0 Å². The van der Waals surface area contributed by atoms with Gasteiger partial charge in [0.2, 0.25) is 0 Å². The quantitative estimate of drug-likeness (QED) is 0.276. The third kappa shape index (κ3) is 5.62. The van der Waals surface area contributed by atoms with Crippen molar-refractivity contribution in [1.29, 1.82) is 0 Å². The number of aliphatic hydroxyl groups excluding tert-OH is 1. The average molecular weight is 509 g/mol. The lowest BCUT2D eigenvalue weighted by molar-refractivity contribution is -0.125. The number of amides is 2. The van der Waals surface area contributed by atoms with Gasteiger partial charge in [-0.1, -0.05) is 67.1 Å². The molecule has 9 heteroatoms. The minimum Gasteiger partial charge on any atom is -0.381 e. The van der Waals surface area contributed by atoms with Crippen LogP contribution in [0.15, 0.2) is 66.7 Å². The van der Waals surface area contributed by atoms with Crippen LogP contribution in [0.2, 0.25) is 5.02 Å². The van der Waals surface area contributed by atoms with Gasteiger partial charge in [0.1, 0.15) is 0 Å². The first kappa shape index (κ1) is 24.7. The summed E-state index contributed by atoms with van der Waals surface area (Å²) in [7, 11) is 0. The lowest BCUT2D eigenvalue weighted by Crippen LogP contribution is -2.42. The number of carbonyl (C=O) groups excluding carboxylic acids is 2. The van der Waals surface area contributed by atoms with Crippen LogP contribution in [0.25, 0.3) is 10.2 Å². The Hall–Kier alpha value is -3.46. The molecular formula is C26H25ClN4O3S. The summed E-state index contributed by atoms with van der Waals surface area (Å²) in [5, 5.41) is 17.3. The van der Waals surface area contributed by atoms with E-state index in [1.165, 1.54) is 11.3 Å². The molecule has 0 radical (unpaired) electrons. The van der Waals surface area contributed by atoms with Crippen molar-refractivity contribution in [1.82, 2.24) is 10.3 Å². The molecule has 7 nitrogen and oxygen atoms in total. The number of nitrogens with zero attached hydrogens (tertiary/aromatic N) is 1. The molecule has 2 amide bonds. The van der Waals surface area contributed by atoms with Crippen LogP contribution < -0.4 is 16.4 Å². The van der Waals surface area contributed by atoms with E-state index in [1.54, 1.807) is 54.6 Å². The number of hydrogen-bond donors (Lipinski definition) is 4. The van der Waals surface area contributed by atoms with Crippen molar-refractivity contribution < 1.29 is 14.7 Å². The second kappa shape index (κ2) is 10.4. The van der Waals surface area contributed by atoms with Gasteiger partial charge in [-0.2, -0.15) is 0 Å². The molecule has 180 valence electrons. The van der Waals surface area contributed by atoms with E-state index in [0.29, 0.717) is 32.9 Å². The standard InChI is InChI=1S/C26H25ClN4O3S/c1-14(2)15-7-9-16(10-8-15)24(33)31-22(18-5-3-4-6-19(18)27)23(32)25(34)29-17-11-12-20-21(13-17)35-26(28)30-20/h3-14,22-23,32H,1-2H3,(H2,28,30)(H,29,34)(H,31,33). The fourth-order valence-electron chi connectivity index (χ4n) is 3.69. The number of rotatable bonds is 7. The highest BCUT2D eigenvalue weighted by atomic mass is 35.5. The fourth-order valence-corrected chi connectivity index (χ4v) is 4.71. The lowest BCUT2D eigenvalue weighted by atomic mass is 9.98. The van der Waals surface area contributed by atoms with Gasteiger partial charge in [0.05, 0.1) is 16.3 Å². The summed E-state index contributed by atoms with van der Waals surface area (Å²) < 4.78 is 0.801. The maximum absolute atomic E-state index is 13.0. The number of benzene rings is 3. The number of aromatic nitrogens is 1. The molecule has 0 aliphatic carbocycles. The van der Waals surface area contributed by atoms with Crippen molar-refractivity contribution >= 4 is 55.8 Å². The van der Waals surface area contributed by atoms with E-state index in [2.05, 4.69) is 29.5 Å². The largest absolute Gasteiger partial charge is 0.381 e. The van der Waals surface area contributed by atoms with E-state index in [-0.39, 0.29) is 0 Å². The molecule has 3 aromatic carbocycles. The molecule has 1 heterocycles. The van der Waals surface area contributed by atoms with E-state index in [9.17, 15) is 14.7 Å². The van der Waals surface area contributed by atoms with Crippen LogP contribution in [-0.2, 0) is 4.79 Å². The topological polar surface area (TPSA) is 117 Å². The van der Waals surface area contributed by atoms with E-state index >= 15 is 0 Å². The summed E-state index contributed by atoms with van der Waals surface area (Å²) in [6, 6.07) is 18.0. The molecule has 2 unspecified atom stereocenters. The van der Waals surface area contributed by atoms with Gasteiger partial charge in [0, 0.05) is 16.3 Å². The first-order chi connectivity index (χ1) is 16.7. The highest BCUT2D eigenvalue weighted by Crippen LogP contribution is 2.29. The van der Waals surface area contributed by atoms with Gasteiger partial charge in [-0.25, -0.2) is 4.98 Å². The monoisotopic (exact) mass is 508 g/mol. The highest BCUT2D eigenvalue weighted by molar-refractivity contribution is 7.22. The summed E-state index contributed by atoms with van der Waals surface area (Å²) in [4.78, 5) is 30.3. The highest BCUT2D eigenvalue weighted by Gasteiger charge is 2.31. The number of halogens is 1. The molecule has 2 atom stereocenters. The molecular weight excluding hydrogens is 484 g/mol. The fraction of sp³-hybridized carbons (Fsp3) is 0.192. The molecule has 4 rings (SSSR count). The first-order valence-corrected chi connectivity index (χ1v) is 12.2. The molecule has 5 N–H and O–H groups in total. The summed E-state index contributed by atoms with van der Waals surface area (Å²) in [6.07, 6.45) is -1.61. The average Bonchev–Trinajstić information content (AvgIpc) is 3.21. The Balaban J connectivity index is 1.58. The van der Waals surface area contributed by atoms with Crippen molar-refractivity contribution in [2.45, 2.75) is 31.9 Å². The number of hydrogen-bond acceptors (Lipinski definition) is 6. The van der Waals surface area contributed by atoms with Crippen LogP contribution in [0, 0.1) is 0 Å². The summed E-state index contributed by atoms with van der Waals surface area (Å²) >= 11 is 7.66. The van der Waals surface area contributed by atoms with Crippen molar-refractivity contribution in [2.75, 3.05) is 11.1 Å². The molecule has 0 bridgehead atoms. The number of nitrogens with two attached hydrogens (primary N) is 1. The third-order valence-electron chi connectivity index (χ3n) is 5.62. The van der Waals surface area contributed by atoms with Gasteiger partial charge in [-0.05, 0) is 53.4 Å². The van der Waals surface area contributed by atoms with Crippen LogP contribution in [0.5, 0.6) is 0 Å². The minimum absolute atomic E-state index is 0.321. The number of fused-ring (bicyclic) bond motifs is 1. The minimum atomic E-state index is -1.61. The van der Waals surface area contributed by atoms with Gasteiger partial charge < -0.3 is 21.5 Å². The maximum atomic E-state index is 13.0. The Kier molecular flexibility index (Phi) is 7.35. The van der Waals surface area contributed by atoms with Crippen LogP contribution >= 0.6 is 22.9 Å². The van der Waals surface area contributed by atoms with Gasteiger partial charge in [-0.15, -0.1) is 0 Å². The zero-order valence-corrected chi connectivity index (χ0v) is 20.7. The number of thiazole rings is 1. The number of carbonyl (C=O) groups is 2. The van der Waals surface area contributed by atoms with Crippen LogP contribution in [0.3, 0.4) is 0 Å². The van der Waals surface area contributed by atoms with Gasteiger partial charge in [-0.3, -0.25) is 9.59 Å². The Bertz CT molecular complexity index is 1370. The van der Waals surface area contributed by atoms with E-state index in [0.717, 1.165) is 15.8 Å². The lowest BCUT2D eigenvalue weighted by Gasteiger charge is -2.25. The molecule has 0 spiro atoms. The van der Waals surface area contributed by atoms with Crippen molar-refractivity contribution in [3.05, 3.63) is 88.4 Å². The zero-order chi connectivity index (χ0) is 25.1. The Morgan fingerprint density at radius 2 is 1.77 bits per heavy atom. The molecule has 0 aliphatic rings. The van der Waals surface area contributed by atoms with Crippen LogP contribution in [-0.4, -0.2) is 28.0 Å². The molecule has 0 saturated carbocycles. The van der Waals surface area contributed by atoms with Gasteiger partial charge in [0.15, 0.2) is 11.2 Å². The van der Waals surface area contributed by atoms with Gasteiger partial charge in [0.25, 0.3) is 11.8 Å². The number of aliphatic hydroxyl groups is 1. The SMILES string of the molecule is CC(C)c1ccc(C(=O)NC(c2ccccc2Cl)C(O)C(=O)Nc2ccc3nc(N)sc3c2)cc1. The van der Waals surface area contributed by atoms with E-state index in [4.69, 9.17) is 17.3 Å². The molecule has 0 fully saturated rings. The Morgan fingerprint density at radius 1 is 1.06 bits per heavy atom. The molecule has 0 aliphatic heterocycles. The maximum Gasteiger partial charge on any atom is 0.255 e. The predicted molar refractivity (Wildman–Crippen MR) is 141 cm³/mol. The number of nitrogens with one attached hydrogen (secondary N) is 2. The molecule has 0 saturated heterocycles. The summed E-state index contributed by atoms with van der Waals surface area (Å²) in [5.41, 5.74) is 8.88. The summed E-state index contributed by atoms with van der Waals surface area (Å²) in [6.45, 7) is 4.14. The molecule has 35 heavy (non-hydrogen) atoms. The predicted octanol–water partition coefficient (Wildman–Crippen LogP) is 5.13. The molecule has 4 aromatic rings.